The highest BCUT2D eigenvalue weighted by Crippen LogP contribution is 2.31. The van der Waals surface area contributed by atoms with Crippen molar-refractivity contribution in [2.75, 3.05) is 51.9 Å². The highest BCUT2D eigenvalue weighted by atomic mass is 16.5. The van der Waals surface area contributed by atoms with Gasteiger partial charge in [0.05, 0.1) is 19.9 Å². The summed E-state index contributed by atoms with van der Waals surface area (Å²) in [6.07, 6.45) is 1.58. The summed E-state index contributed by atoms with van der Waals surface area (Å²) < 4.78 is 16.2. The van der Waals surface area contributed by atoms with Gasteiger partial charge in [0.2, 0.25) is 0 Å². The van der Waals surface area contributed by atoms with E-state index in [1.807, 2.05) is 49.4 Å². The highest BCUT2D eigenvalue weighted by molar-refractivity contribution is 5.97. The predicted molar refractivity (Wildman–Crippen MR) is 126 cm³/mol. The average molecular weight is 441 g/mol. The van der Waals surface area contributed by atoms with Crippen molar-refractivity contribution in [1.82, 2.24) is 10.6 Å². The van der Waals surface area contributed by atoms with Crippen LogP contribution in [-0.4, -0.2) is 58.9 Å². The Morgan fingerprint density at radius 1 is 1.12 bits per heavy atom. The van der Waals surface area contributed by atoms with E-state index >= 15 is 0 Å². The van der Waals surface area contributed by atoms with E-state index in [2.05, 4.69) is 15.6 Å². The molecule has 8 heteroatoms. The Hall–Kier alpha value is -3.42. The number of nitrogens with one attached hydrogen (secondary N) is 2. The number of benzene rings is 2. The molecule has 3 rings (SSSR count). The van der Waals surface area contributed by atoms with Gasteiger partial charge in [-0.15, -0.1) is 0 Å². The number of aliphatic imine (C=N–C) groups is 1. The van der Waals surface area contributed by atoms with Gasteiger partial charge in [-0.25, -0.2) is 0 Å². The van der Waals surface area contributed by atoms with E-state index in [-0.39, 0.29) is 12.5 Å². The number of hydrogen-bond acceptors (Lipinski definition) is 5. The first kappa shape index (κ1) is 23.2. The lowest BCUT2D eigenvalue weighted by atomic mass is 10.1. The van der Waals surface area contributed by atoms with Gasteiger partial charge >= 0.3 is 0 Å². The second-order valence-electron chi connectivity index (χ2n) is 7.28. The third-order valence-electron chi connectivity index (χ3n) is 5.12. The molecule has 2 aromatic rings. The summed E-state index contributed by atoms with van der Waals surface area (Å²) in [6, 6.07) is 13.6. The van der Waals surface area contributed by atoms with Crippen LogP contribution in [0.1, 0.15) is 18.9 Å². The predicted octanol–water partition coefficient (Wildman–Crippen LogP) is 2.62. The molecule has 32 heavy (non-hydrogen) atoms. The van der Waals surface area contributed by atoms with Gasteiger partial charge in [0, 0.05) is 26.2 Å². The van der Waals surface area contributed by atoms with Crippen LogP contribution in [0.15, 0.2) is 47.5 Å². The summed E-state index contributed by atoms with van der Waals surface area (Å²) in [6.45, 7) is 4.84. The first-order valence-electron chi connectivity index (χ1n) is 10.9. The van der Waals surface area contributed by atoms with E-state index in [1.54, 1.807) is 19.1 Å². The summed E-state index contributed by atoms with van der Waals surface area (Å²) >= 11 is 0. The number of guanidine groups is 1. The molecule has 1 aliphatic heterocycles. The monoisotopic (exact) mass is 440 g/mol. The fourth-order valence-corrected chi connectivity index (χ4v) is 3.52. The van der Waals surface area contributed by atoms with Crippen molar-refractivity contribution in [1.29, 1.82) is 0 Å². The number of ether oxygens (including phenoxy) is 3. The highest BCUT2D eigenvalue weighted by Gasteiger charge is 2.24. The third kappa shape index (κ3) is 6.06. The first-order valence-corrected chi connectivity index (χ1v) is 10.9. The summed E-state index contributed by atoms with van der Waals surface area (Å²) in [5, 5.41) is 6.63. The standard InChI is InChI=1S/C24H32N4O4/c1-4-25-24(27-14-12-18-10-11-21(30-2)22(16-18)31-3)26-13-7-15-28-19-8-5-6-9-20(19)32-17-23(28)29/h5-6,8-11,16H,4,7,12-15,17H2,1-3H3,(H2,25,26,27). The molecule has 0 saturated heterocycles. The molecule has 0 radical (unpaired) electrons. The van der Waals surface area contributed by atoms with Crippen LogP contribution in [-0.2, 0) is 11.2 Å². The van der Waals surface area contributed by atoms with Crippen LogP contribution in [0.3, 0.4) is 0 Å². The molecule has 0 saturated carbocycles. The average Bonchev–Trinajstić information content (AvgIpc) is 2.82. The first-order chi connectivity index (χ1) is 15.7. The SMILES string of the molecule is CCNC(=NCCCN1C(=O)COc2ccccc21)NCCc1ccc(OC)c(OC)c1. The van der Waals surface area contributed by atoms with Gasteiger partial charge < -0.3 is 29.7 Å². The van der Waals surface area contributed by atoms with E-state index < -0.39 is 0 Å². The van der Waals surface area contributed by atoms with Crippen molar-refractivity contribution in [2.45, 2.75) is 19.8 Å². The molecule has 2 N–H and O–H groups in total. The molecule has 1 heterocycles. The zero-order chi connectivity index (χ0) is 22.8. The topological polar surface area (TPSA) is 84.4 Å². The van der Waals surface area contributed by atoms with Crippen LogP contribution in [0.25, 0.3) is 0 Å². The molecule has 1 aliphatic rings. The molecule has 0 fully saturated rings. The van der Waals surface area contributed by atoms with Crippen LogP contribution in [0, 0.1) is 0 Å². The van der Waals surface area contributed by atoms with Gasteiger partial charge in [0.15, 0.2) is 24.1 Å². The maximum Gasteiger partial charge on any atom is 0.265 e. The molecule has 8 nitrogen and oxygen atoms in total. The minimum absolute atomic E-state index is 0.0207. The summed E-state index contributed by atoms with van der Waals surface area (Å²) in [4.78, 5) is 18.7. The minimum atomic E-state index is -0.0207. The van der Waals surface area contributed by atoms with Gasteiger partial charge in [-0.2, -0.15) is 0 Å². The molecule has 1 amide bonds. The Balaban J connectivity index is 1.49. The van der Waals surface area contributed by atoms with Crippen molar-refractivity contribution in [3.63, 3.8) is 0 Å². The van der Waals surface area contributed by atoms with Crippen LogP contribution < -0.4 is 29.7 Å². The summed E-state index contributed by atoms with van der Waals surface area (Å²) in [5.74, 6) is 2.94. The van der Waals surface area contributed by atoms with Crippen LogP contribution >= 0.6 is 0 Å². The third-order valence-corrected chi connectivity index (χ3v) is 5.12. The molecule has 0 atom stereocenters. The number of methoxy groups -OCH3 is 2. The molecule has 0 aliphatic carbocycles. The quantitative estimate of drug-likeness (QED) is 0.336. The van der Waals surface area contributed by atoms with E-state index in [9.17, 15) is 4.79 Å². The number of rotatable bonds is 10. The van der Waals surface area contributed by atoms with Gasteiger partial charge in [0.1, 0.15) is 5.75 Å². The van der Waals surface area contributed by atoms with E-state index in [4.69, 9.17) is 14.2 Å². The van der Waals surface area contributed by atoms with E-state index in [0.717, 1.165) is 60.4 Å². The molecule has 172 valence electrons. The molecular formula is C24H32N4O4. The Kier molecular flexibility index (Phi) is 8.60. The van der Waals surface area contributed by atoms with Gasteiger partial charge in [0.25, 0.3) is 5.91 Å². The summed E-state index contributed by atoms with van der Waals surface area (Å²) in [7, 11) is 3.27. The fraction of sp³-hybridized carbons (Fsp3) is 0.417. The Bertz CT molecular complexity index is 932. The number of para-hydroxylation sites is 2. The Morgan fingerprint density at radius 3 is 2.72 bits per heavy atom. The van der Waals surface area contributed by atoms with Gasteiger partial charge in [-0.3, -0.25) is 9.79 Å². The second-order valence-corrected chi connectivity index (χ2v) is 7.28. The number of carbonyl (C=O) groups is 1. The normalized spacial score (nSPS) is 13.3. The lowest BCUT2D eigenvalue weighted by Gasteiger charge is -2.29. The number of nitrogens with zero attached hydrogens (tertiary/aromatic N) is 2. The number of amides is 1. The molecule has 0 unspecified atom stereocenters. The molecular weight excluding hydrogens is 408 g/mol. The number of carbonyl (C=O) groups excluding carboxylic acids is 1. The Labute approximate surface area is 189 Å². The number of fused-ring (bicyclic) bond motifs is 1. The lowest BCUT2D eigenvalue weighted by molar-refractivity contribution is -0.121. The van der Waals surface area contributed by atoms with Crippen molar-refractivity contribution in [3.05, 3.63) is 48.0 Å². The van der Waals surface area contributed by atoms with Crippen LogP contribution in [0.5, 0.6) is 17.2 Å². The van der Waals surface area contributed by atoms with Crippen molar-refractivity contribution in [2.24, 2.45) is 4.99 Å². The number of anilines is 1. The molecule has 0 bridgehead atoms. The smallest absolute Gasteiger partial charge is 0.265 e. The van der Waals surface area contributed by atoms with Crippen LogP contribution in [0.4, 0.5) is 5.69 Å². The zero-order valence-corrected chi connectivity index (χ0v) is 19.0. The number of hydrogen-bond donors (Lipinski definition) is 2. The maximum absolute atomic E-state index is 12.3. The Morgan fingerprint density at radius 2 is 1.94 bits per heavy atom. The van der Waals surface area contributed by atoms with Crippen molar-refractivity contribution in [3.8, 4) is 17.2 Å². The van der Waals surface area contributed by atoms with Gasteiger partial charge in [-0.05, 0) is 49.6 Å². The largest absolute Gasteiger partial charge is 0.493 e. The van der Waals surface area contributed by atoms with Crippen molar-refractivity contribution < 1.29 is 19.0 Å². The van der Waals surface area contributed by atoms with Gasteiger partial charge in [-0.1, -0.05) is 18.2 Å². The molecule has 2 aromatic carbocycles. The van der Waals surface area contributed by atoms with Crippen molar-refractivity contribution >= 4 is 17.6 Å². The second kappa shape index (κ2) is 11.8. The van der Waals surface area contributed by atoms with E-state index in [1.165, 1.54) is 0 Å². The minimum Gasteiger partial charge on any atom is -0.493 e. The van der Waals surface area contributed by atoms with Crippen LogP contribution in [0.2, 0.25) is 0 Å². The fourth-order valence-electron chi connectivity index (χ4n) is 3.52. The molecule has 0 spiro atoms. The van der Waals surface area contributed by atoms with E-state index in [0.29, 0.717) is 13.1 Å². The molecule has 0 aromatic heterocycles. The lowest BCUT2D eigenvalue weighted by Crippen LogP contribution is -2.40. The zero-order valence-electron chi connectivity index (χ0n) is 19.0. The maximum atomic E-state index is 12.3. The summed E-state index contributed by atoms with van der Waals surface area (Å²) in [5.41, 5.74) is 1.98.